The summed E-state index contributed by atoms with van der Waals surface area (Å²) >= 11 is 0. The molecule has 2 nitrogen and oxygen atoms in total. The summed E-state index contributed by atoms with van der Waals surface area (Å²) in [4.78, 5) is 0. The number of nitrogens with two attached hydrogens (primary N) is 1. The smallest absolute Gasteiger partial charge is 0.0573 e. The van der Waals surface area contributed by atoms with Crippen LogP contribution >= 0.6 is 0 Å². The predicted molar refractivity (Wildman–Crippen MR) is 79.8 cm³/mol. The van der Waals surface area contributed by atoms with Crippen LogP contribution in [0.15, 0.2) is 60.0 Å². The van der Waals surface area contributed by atoms with Crippen molar-refractivity contribution in [3.63, 3.8) is 0 Å². The maximum atomic E-state index is 5.92. The molecular formula is C16H24N2. The maximum Gasteiger partial charge on any atom is 0.0573 e. The minimum atomic E-state index is 0.313. The molecule has 3 N–H and O–H groups in total. The Morgan fingerprint density at radius 3 is 2.78 bits per heavy atom. The minimum absolute atomic E-state index is 0.313. The maximum absolute atomic E-state index is 5.92. The Morgan fingerprint density at radius 2 is 2.22 bits per heavy atom. The molecular weight excluding hydrogens is 220 g/mol. The van der Waals surface area contributed by atoms with E-state index in [-0.39, 0.29) is 0 Å². The van der Waals surface area contributed by atoms with Crippen LogP contribution in [0.3, 0.4) is 0 Å². The number of hydrogen-bond acceptors (Lipinski definition) is 2. The first-order valence-corrected chi connectivity index (χ1v) is 6.52. The van der Waals surface area contributed by atoms with Crippen molar-refractivity contribution in [2.75, 3.05) is 6.54 Å². The normalized spacial score (nSPS) is 20.2. The lowest BCUT2D eigenvalue weighted by Gasteiger charge is -2.31. The molecule has 1 unspecified atom stereocenters. The van der Waals surface area contributed by atoms with Gasteiger partial charge in [0.25, 0.3) is 0 Å². The van der Waals surface area contributed by atoms with E-state index in [4.69, 9.17) is 5.73 Å². The Bertz CT molecular complexity index is 411. The molecule has 18 heavy (non-hydrogen) atoms. The second kappa shape index (κ2) is 6.90. The van der Waals surface area contributed by atoms with Gasteiger partial charge in [0.15, 0.2) is 0 Å². The van der Waals surface area contributed by atoms with Gasteiger partial charge >= 0.3 is 0 Å². The standard InChI is InChI=1S/C16H24N2/c1-5-7-8-9-10-14(6-2)11-18-16-13(4)12(3)15(16)17/h6,8-10,12,18H,2,4-5,7,11,17H2,1,3H3/b9-8-,14-10+. The van der Waals surface area contributed by atoms with E-state index in [1.165, 1.54) is 6.42 Å². The Hall–Kier alpha value is -1.70. The summed E-state index contributed by atoms with van der Waals surface area (Å²) in [6.07, 6.45) is 10.5. The van der Waals surface area contributed by atoms with Crippen molar-refractivity contribution < 1.29 is 0 Å². The van der Waals surface area contributed by atoms with E-state index < -0.39 is 0 Å². The number of nitrogens with one attached hydrogen (secondary N) is 1. The summed E-state index contributed by atoms with van der Waals surface area (Å²) in [6, 6.07) is 0. The summed E-state index contributed by atoms with van der Waals surface area (Å²) in [5.74, 6) is 0.313. The van der Waals surface area contributed by atoms with Crippen LogP contribution in [-0.4, -0.2) is 6.54 Å². The first kappa shape index (κ1) is 14.4. The first-order valence-electron chi connectivity index (χ1n) is 6.52. The zero-order valence-corrected chi connectivity index (χ0v) is 11.5. The Morgan fingerprint density at radius 1 is 1.50 bits per heavy atom. The number of allylic oxidation sites excluding steroid dienone is 5. The van der Waals surface area contributed by atoms with Gasteiger partial charge in [-0.05, 0) is 17.6 Å². The zero-order valence-electron chi connectivity index (χ0n) is 11.5. The highest BCUT2D eigenvalue weighted by Gasteiger charge is 2.27. The van der Waals surface area contributed by atoms with Gasteiger partial charge in [0, 0.05) is 18.2 Å². The molecule has 0 bridgehead atoms. The highest BCUT2D eigenvalue weighted by Crippen LogP contribution is 2.33. The summed E-state index contributed by atoms with van der Waals surface area (Å²) in [6.45, 7) is 12.8. The summed E-state index contributed by atoms with van der Waals surface area (Å²) in [7, 11) is 0. The van der Waals surface area contributed by atoms with E-state index in [0.717, 1.165) is 35.5 Å². The molecule has 0 radical (unpaired) electrons. The Labute approximate surface area is 111 Å². The molecule has 0 heterocycles. The molecule has 0 aromatic carbocycles. The van der Waals surface area contributed by atoms with Crippen molar-refractivity contribution >= 4 is 0 Å². The molecule has 1 atom stereocenters. The molecule has 1 aliphatic rings. The van der Waals surface area contributed by atoms with Gasteiger partial charge in [-0.3, -0.25) is 0 Å². The average Bonchev–Trinajstić information content (AvgIpc) is 2.40. The molecule has 1 rings (SSSR count). The van der Waals surface area contributed by atoms with Crippen molar-refractivity contribution in [1.29, 1.82) is 0 Å². The van der Waals surface area contributed by atoms with Gasteiger partial charge in [0.2, 0.25) is 0 Å². The molecule has 0 saturated carbocycles. The molecule has 0 aromatic heterocycles. The average molecular weight is 244 g/mol. The van der Waals surface area contributed by atoms with Gasteiger partial charge < -0.3 is 11.1 Å². The Kier molecular flexibility index (Phi) is 5.50. The summed E-state index contributed by atoms with van der Waals surface area (Å²) in [5, 5.41) is 3.32. The monoisotopic (exact) mass is 244 g/mol. The number of hydrogen-bond donors (Lipinski definition) is 2. The highest BCUT2D eigenvalue weighted by atomic mass is 14.9. The van der Waals surface area contributed by atoms with Crippen molar-refractivity contribution in [3.8, 4) is 0 Å². The fourth-order valence-corrected chi connectivity index (χ4v) is 1.79. The molecule has 0 aliphatic heterocycles. The van der Waals surface area contributed by atoms with Crippen LogP contribution in [0.4, 0.5) is 0 Å². The fourth-order valence-electron chi connectivity index (χ4n) is 1.79. The van der Waals surface area contributed by atoms with E-state index in [1.807, 2.05) is 6.08 Å². The molecule has 1 aliphatic carbocycles. The molecule has 98 valence electrons. The van der Waals surface area contributed by atoms with Crippen LogP contribution in [0.5, 0.6) is 0 Å². The largest absolute Gasteiger partial charge is 0.400 e. The third-order valence-corrected chi connectivity index (χ3v) is 3.23. The van der Waals surface area contributed by atoms with E-state index >= 15 is 0 Å². The molecule has 0 fully saturated rings. The van der Waals surface area contributed by atoms with Crippen molar-refractivity contribution in [1.82, 2.24) is 5.32 Å². The summed E-state index contributed by atoms with van der Waals surface area (Å²) < 4.78 is 0. The van der Waals surface area contributed by atoms with Crippen LogP contribution in [-0.2, 0) is 0 Å². The molecule has 0 aromatic rings. The van der Waals surface area contributed by atoms with Crippen molar-refractivity contribution in [2.24, 2.45) is 11.7 Å². The van der Waals surface area contributed by atoms with Gasteiger partial charge in [0.1, 0.15) is 0 Å². The summed E-state index contributed by atoms with van der Waals surface area (Å²) in [5.41, 5.74) is 10.1. The third kappa shape index (κ3) is 3.39. The number of unbranched alkanes of at least 4 members (excludes halogenated alkanes) is 1. The van der Waals surface area contributed by atoms with E-state index in [0.29, 0.717) is 5.92 Å². The van der Waals surface area contributed by atoms with Gasteiger partial charge in [-0.25, -0.2) is 0 Å². The predicted octanol–water partition coefficient (Wildman–Crippen LogP) is 3.42. The first-order chi connectivity index (χ1) is 8.61. The lowest BCUT2D eigenvalue weighted by molar-refractivity contribution is 0.660. The van der Waals surface area contributed by atoms with E-state index in [2.05, 4.69) is 50.6 Å². The lowest BCUT2D eigenvalue weighted by Crippen LogP contribution is -2.34. The van der Waals surface area contributed by atoms with Gasteiger partial charge in [-0.2, -0.15) is 0 Å². The van der Waals surface area contributed by atoms with E-state index in [9.17, 15) is 0 Å². The van der Waals surface area contributed by atoms with Gasteiger partial charge in [0.05, 0.1) is 5.70 Å². The second-order valence-corrected chi connectivity index (χ2v) is 4.59. The highest BCUT2D eigenvalue weighted by molar-refractivity contribution is 5.47. The molecule has 0 amide bonds. The third-order valence-electron chi connectivity index (χ3n) is 3.23. The molecule has 0 spiro atoms. The minimum Gasteiger partial charge on any atom is -0.400 e. The van der Waals surface area contributed by atoms with Crippen LogP contribution in [0.2, 0.25) is 0 Å². The van der Waals surface area contributed by atoms with Crippen LogP contribution < -0.4 is 11.1 Å². The Balaban J connectivity index is 2.51. The number of rotatable bonds is 7. The van der Waals surface area contributed by atoms with E-state index in [1.54, 1.807) is 0 Å². The SMILES string of the molecule is C=C/C(=C\C=C/CCC)CNC1=C(N)C(C)C1=C. The van der Waals surface area contributed by atoms with Crippen LogP contribution in [0.25, 0.3) is 0 Å². The second-order valence-electron chi connectivity index (χ2n) is 4.59. The van der Waals surface area contributed by atoms with Crippen LogP contribution in [0.1, 0.15) is 26.7 Å². The lowest BCUT2D eigenvalue weighted by atomic mass is 9.83. The van der Waals surface area contributed by atoms with Gasteiger partial charge in [-0.1, -0.05) is 57.7 Å². The van der Waals surface area contributed by atoms with Crippen LogP contribution in [0, 0.1) is 5.92 Å². The van der Waals surface area contributed by atoms with Crippen molar-refractivity contribution in [2.45, 2.75) is 26.7 Å². The molecule has 0 saturated heterocycles. The quantitative estimate of drug-likeness (QED) is 0.673. The molecule has 2 heteroatoms. The topological polar surface area (TPSA) is 38.0 Å². The van der Waals surface area contributed by atoms with Gasteiger partial charge in [-0.15, -0.1) is 0 Å². The van der Waals surface area contributed by atoms with Crippen molar-refractivity contribution in [3.05, 3.63) is 60.0 Å². The fraction of sp³-hybridized carbons (Fsp3) is 0.375. The zero-order chi connectivity index (χ0) is 13.5.